The third-order valence-electron chi connectivity index (χ3n) is 3.04. The molecule has 5 heteroatoms. The SMILES string of the molecule is CCC(C)CN(CC)Cc1cn(CCN)nn1. The summed E-state index contributed by atoms with van der Waals surface area (Å²) >= 11 is 0. The van der Waals surface area contributed by atoms with Crippen molar-refractivity contribution in [1.29, 1.82) is 0 Å². The van der Waals surface area contributed by atoms with Crippen molar-refractivity contribution >= 4 is 0 Å². The van der Waals surface area contributed by atoms with Gasteiger partial charge >= 0.3 is 0 Å². The second-order valence-electron chi connectivity index (χ2n) is 4.60. The Bertz CT molecular complexity index is 310. The molecule has 0 aliphatic heterocycles. The largest absolute Gasteiger partial charge is 0.329 e. The van der Waals surface area contributed by atoms with Crippen molar-refractivity contribution in [2.75, 3.05) is 19.6 Å². The zero-order valence-corrected chi connectivity index (χ0v) is 11.3. The number of nitrogens with zero attached hydrogens (tertiary/aromatic N) is 4. The number of rotatable bonds is 8. The molecule has 0 saturated carbocycles. The smallest absolute Gasteiger partial charge is 0.0967 e. The minimum atomic E-state index is 0.604. The lowest BCUT2D eigenvalue weighted by atomic mass is 10.1. The third-order valence-corrected chi connectivity index (χ3v) is 3.04. The van der Waals surface area contributed by atoms with E-state index in [2.05, 4.69) is 36.0 Å². The average molecular weight is 239 g/mol. The van der Waals surface area contributed by atoms with E-state index in [1.54, 1.807) is 0 Å². The molecule has 1 heterocycles. The number of aromatic nitrogens is 3. The second kappa shape index (κ2) is 7.40. The van der Waals surface area contributed by atoms with Gasteiger partial charge in [-0.3, -0.25) is 9.58 Å². The van der Waals surface area contributed by atoms with Gasteiger partial charge in [-0.1, -0.05) is 32.4 Å². The van der Waals surface area contributed by atoms with Gasteiger partial charge in [0.25, 0.3) is 0 Å². The average Bonchev–Trinajstić information content (AvgIpc) is 2.76. The predicted octanol–water partition coefficient (Wildman–Crippen LogP) is 1.10. The van der Waals surface area contributed by atoms with E-state index in [1.165, 1.54) is 6.42 Å². The second-order valence-corrected chi connectivity index (χ2v) is 4.60. The summed E-state index contributed by atoms with van der Waals surface area (Å²) in [6, 6.07) is 0. The van der Waals surface area contributed by atoms with Crippen molar-refractivity contribution in [3.63, 3.8) is 0 Å². The molecule has 0 amide bonds. The van der Waals surface area contributed by atoms with Crippen LogP contribution < -0.4 is 5.73 Å². The Balaban J connectivity index is 2.48. The summed E-state index contributed by atoms with van der Waals surface area (Å²) in [4.78, 5) is 2.41. The van der Waals surface area contributed by atoms with Gasteiger partial charge in [0.1, 0.15) is 0 Å². The molecule has 0 aliphatic rings. The lowest BCUT2D eigenvalue weighted by Gasteiger charge is -2.22. The number of hydrogen-bond acceptors (Lipinski definition) is 4. The molecule has 1 atom stereocenters. The maximum absolute atomic E-state index is 5.48. The maximum Gasteiger partial charge on any atom is 0.0967 e. The minimum Gasteiger partial charge on any atom is -0.329 e. The maximum atomic E-state index is 5.48. The first-order valence-electron chi connectivity index (χ1n) is 6.51. The molecule has 0 bridgehead atoms. The van der Waals surface area contributed by atoms with Crippen LogP contribution in [0.1, 0.15) is 32.9 Å². The molecule has 0 aromatic carbocycles. The zero-order valence-electron chi connectivity index (χ0n) is 11.3. The Morgan fingerprint density at radius 2 is 2.24 bits per heavy atom. The monoisotopic (exact) mass is 239 g/mol. The molecule has 0 aliphatic carbocycles. The fourth-order valence-corrected chi connectivity index (χ4v) is 1.76. The summed E-state index contributed by atoms with van der Waals surface area (Å²) in [6.45, 7) is 11.1. The van der Waals surface area contributed by atoms with Crippen LogP contribution in [-0.4, -0.2) is 39.5 Å². The van der Waals surface area contributed by atoms with E-state index < -0.39 is 0 Å². The molecule has 17 heavy (non-hydrogen) atoms. The first kappa shape index (κ1) is 14.1. The Hall–Kier alpha value is -0.940. The van der Waals surface area contributed by atoms with Gasteiger partial charge in [0.05, 0.1) is 12.2 Å². The van der Waals surface area contributed by atoms with Crippen LogP contribution in [0, 0.1) is 5.92 Å². The number of hydrogen-bond donors (Lipinski definition) is 1. The van der Waals surface area contributed by atoms with Gasteiger partial charge < -0.3 is 5.73 Å². The highest BCUT2D eigenvalue weighted by Gasteiger charge is 2.10. The van der Waals surface area contributed by atoms with Crippen molar-refractivity contribution in [1.82, 2.24) is 19.9 Å². The molecule has 1 rings (SSSR count). The van der Waals surface area contributed by atoms with Gasteiger partial charge in [0.15, 0.2) is 0 Å². The van der Waals surface area contributed by atoms with Gasteiger partial charge in [0.2, 0.25) is 0 Å². The van der Waals surface area contributed by atoms with Crippen molar-refractivity contribution in [2.24, 2.45) is 11.7 Å². The van der Waals surface area contributed by atoms with Crippen LogP contribution in [0.3, 0.4) is 0 Å². The van der Waals surface area contributed by atoms with Crippen LogP contribution in [0.15, 0.2) is 6.20 Å². The van der Waals surface area contributed by atoms with Crippen LogP contribution in [0.5, 0.6) is 0 Å². The highest BCUT2D eigenvalue weighted by atomic mass is 15.4. The quantitative estimate of drug-likeness (QED) is 0.738. The first-order valence-corrected chi connectivity index (χ1v) is 6.51. The molecule has 0 saturated heterocycles. The van der Waals surface area contributed by atoms with Crippen LogP contribution in [0.4, 0.5) is 0 Å². The minimum absolute atomic E-state index is 0.604. The molecule has 1 aromatic heterocycles. The van der Waals surface area contributed by atoms with E-state index in [0.717, 1.165) is 37.8 Å². The van der Waals surface area contributed by atoms with Gasteiger partial charge in [0, 0.05) is 25.8 Å². The molecular formula is C12H25N5. The summed E-state index contributed by atoms with van der Waals surface area (Å²) in [5, 5.41) is 8.22. The molecule has 0 spiro atoms. The predicted molar refractivity (Wildman–Crippen MR) is 69.5 cm³/mol. The molecule has 1 unspecified atom stereocenters. The molecule has 2 N–H and O–H groups in total. The molecule has 0 radical (unpaired) electrons. The van der Waals surface area contributed by atoms with Crippen molar-refractivity contribution in [3.05, 3.63) is 11.9 Å². The van der Waals surface area contributed by atoms with E-state index in [-0.39, 0.29) is 0 Å². The first-order chi connectivity index (χ1) is 8.19. The Morgan fingerprint density at radius 1 is 1.47 bits per heavy atom. The van der Waals surface area contributed by atoms with Gasteiger partial charge in [-0.25, -0.2) is 0 Å². The van der Waals surface area contributed by atoms with E-state index in [9.17, 15) is 0 Å². The topological polar surface area (TPSA) is 60.0 Å². The van der Waals surface area contributed by atoms with Gasteiger partial charge in [-0.05, 0) is 12.5 Å². The standard InChI is InChI=1S/C12H25N5/c1-4-11(3)8-16(5-2)9-12-10-17(7-6-13)15-14-12/h10-11H,4-9,13H2,1-3H3. The molecule has 0 fully saturated rings. The van der Waals surface area contributed by atoms with Crippen molar-refractivity contribution in [2.45, 2.75) is 40.3 Å². The number of nitrogens with two attached hydrogens (primary N) is 1. The van der Waals surface area contributed by atoms with E-state index in [4.69, 9.17) is 5.73 Å². The summed E-state index contributed by atoms with van der Waals surface area (Å²) in [7, 11) is 0. The highest BCUT2D eigenvalue weighted by molar-refractivity contribution is 4.92. The summed E-state index contributed by atoms with van der Waals surface area (Å²) in [5.74, 6) is 0.731. The Kier molecular flexibility index (Phi) is 6.15. The van der Waals surface area contributed by atoms with E-state index in [0.29, 0.717) is 6.54 Å². The van der Waals surface area contributed by atoms with Crippen LogP contribution in [0.2, 0.25) is 0 Å². The van der Waals surface area contributed by atoms with Gasteiger partial charge in [-0.15, -0.1) is 5.10 Å². The fraction of sp³-hybridized carbons (Fsp3) is 0.833. The summed E-state index contributed by atoms with van der Waals surface area (Å²) < 4.78 is 1.81. The Morgan fingerprint density at radius 3 is 2.82 bits per heavy atom. The van der Waals surface area contributed by atoms with Crippen LogP contribution in [0.25, 0.3) is 0 Å². The van der Waals surface area contributed by atoms with Crippen molar-refractivity contribution < 1.29 is 0 Å². The fourth-order valence-electron chi connectivity index (χ4n) is 1.76. The van der Waals surface area contributed by atoms with E-state index in [1.807, 2.05) is 10.9 Å². The molecule has 98 valence electrons. The summed E-state index contributed by atoms with van der Waals surface area (Å²) in [6.07, 6.45) is 3.21. The summed E-state index contributed by atoms with van der Waals surface area (Å²) in [5.41, 5.74) is 6.51. The third kappa shape index (κ3) is 4.83. The van der Waals surface area contributed by atoms with E-state index >= 15 is 0 Å². The zero-order chi connectivity index (χ0) is 12.7. The Labute approximate surface area is 104 Å². The highest BCUT2D eigenvalue weighted by Crippen LogP contribution is 2.07. The molecular weight excluding hydrogens is 214 g/mol. The van der Waals surface area contributed by atoms with Gasteiger partial charge in [-0.2, -0.15) is 0 Å². The van der Waals surface area contributed by atoms with Crippen LogP contribution >= 0.6 is 0 Å². The van der Waals surface area contributed by atoms with Crippen molar-refractivity contribution in [3.8, 4) is 0 Å². The molecule has 5 nitrogen and oxygen atoms in total. The van der Waals surface area contributed by atoms with Crippen LogP contribution in [-0.2, 0) is 13.1 Å². The molecule has 1 aromatic rings. The normalized spacial score (nSPS) is 13.2. The lowest BCUT2D eigenvalue weighted by Crippen LogP contribution is -2.28. The lowest BCUT2D eigenvalue weighted by molar-refractivity contribution is 0.235.